The molecule has 1 aromatic carbocycles. The summed E-state index contributed by atoms with van der Waals surface area (Å²) >= 11 is 0. The Bertz CT molecular complexity index is 663. The average Bonchev–Trinajstić information content (AvgIpc) is 2.69. The van der Waals surface area contributed by atoms with Gasteiger partial charge >= 0.3 is 5.97 Å². The molecule has 4 heteroatoms. The number of nitrogens with zero attached hydrogens (tertiary/aromatic N) is 1. The Morgan fingerprint density at radius 1 is 1.40 bits per heavy atom. The Balaban J connectivity index is 1.93. The Hall–Kier alpha value is -2.10. The lowest BCUT2D eigenvalue weighted by Gasteiger charge is -2.50. The van der Waals surface area contributed by atoms with Crippen LogP contribution in [0.15, 0.2) is 35.9 Å². The standard InChI is InChI=1S/C16H15NO3/c1-2-20-15(19)16-10-7-8-14(18)17(16)13-6-4-3-5-11(13)12(16)9-10/h3-6,9,12H,2,7-8H2,1H3/t12-,16-/m1/s1. The Morgan fingerprint density at radius 2 is 2.20 bits per heavy atom. The van der Waals surface area contributed by atoms with Crippen molar-refractivity contribution in [3.63, 3.8) is 0 Å². The number of ether oxygens (including phenoxy) is 1. The molecular formula is C16H15NO3. The smallest absolute Gasteiger partial charge is 0.337 e. The summed E-state index contributed by atoms with van der Waals surface area (Å²) in [5, 5.41) is 0. The highest BCUT2D eigenvalue weighted by Gasteiger charge is 2.67. The summed E-state index contributed by atoms with van der Waals surface area (Å²) in [4.78, 5) is 26.7. The second-order valence-corrected chi connectivity index (χ2v) is 5.44. The fourth-order valence-electron chi connectivity index (χ4n) is 3.84. The van der Waals surface area contributed by atoms with E-state index >= 15 is 0 Å². The largest absolute Gasteiger partial charge is 0.464 e. The van der Waals surface area contributed by atoms with Crippen LogP contribution in [0.25, 0.3) is 0 Å². The number of amides is 1. The minimum atomic E-state index is -0.880. The van der Waals surface area contributed by atoms with Crippen molar-refractivity contribution in [2.45, 2.75) is 31.2 Å². The van der Waals surface area contributed by atoms with Crippen LogP contribution in [-0.4, -0.2) is 24.0 Å². The molecule has 0 spiro atoms. The van der Waals surface area contributed by atoms with Crippen molar-refractivity contribution in [1.82, 2.24) is 0 Å². The number of para-hydroxylation sites is 1. The SMILES string of the molecule is CCOC(=O)[C@@]12C3=C[C@@H]1c1ccccc1N2C(=O)CC3. The lowest BCUT2D eigenvalue weighted by atomic mass is 9.63. The zero-order chi connectivity index (χ0) is 13.9. The van der Waals surface area contributed by atoms with E-state index in [2.05, 4.69) is 6.08 Å². The summed E-state index contributed by atoms with van der Waals surface area (Å²) in [6, 6.07) is 7.78. The van der Waals surface area contributed by atoms with Crippen molar-refractivity contribution in [2.75, 3.05) is 11.5 Å². The number of carbonyl (C=O) groups is 2. The number of rotatable bonds is 2. The number of fused-ring (bicyclic) bond motifs is 3. The lowest BCUT2D eigenvalue weighted by Crippen LogP contribution is -2.65. The van der Waals surface area contributed by atoms with Gasteiger partial charge in [-0.2, -0.15) is 0 Å². The molecule has 102 valence electrons. The van der Waals surface area contributed by atoms with E-state index in [1.807, 2.05) is 24.3 Å². The van der Waals surface area contributed by atoms with Gasteiger partial charge < -0.3 is 4.74 Å². The second kappa shape index (κ2) is 3.72. The van der Waals surface area contributed by atoms with Crippen molar-refractivity contribution in [2.24, 2.45) is 0 Å². The molecule has 4 nitrogen and oxygen atoms in total. The fraction of sp³-hybridized carbons (Fsp3) is 0.375. The number of anilines is 1. The third-order valence-corrected chi connectivity index (χ3v) is 4.62. The molecule has 2 heterocycles. The molecular weight excluding hydrogens is 254 g/mol. The van der Waals surface area contributed by atoms with Gasteiger partial charge in [-0.05, 0) is 30.5 Å². The minimum absolute atomic E-state index is 0.0184. The Kier molecular flexibility index (Phi) is 2.18. The molecule has 1 aliphatic carbocycles. The monoisotopic (exact) mass is 269 g/mol. The first-order valence-corrected chi connectivity index (χ1v) is 7.01. The minimum Gasteiger partial charge on any atom is -0.464 e. The van der Waals surface area contributed by atoms with E-state index in [-0.39, 0.29) is 17.8 Å². The predicted octanol–water partition coefficient (Wildman–Crippen LogP) is 2.15. The third kappa shape index (κ3) is 1.09. The molecule has 1 amide bonds. The highest BCUT2D eigenvalue weighted by molar-refractivity contribution is 6.11. The molecule has 3 aliphatic rings. The maximum Gasteiger partial charge on any atom is 0.337 e. The lowest BCUT2D eigenvalue weighted by molar-refractivity contribution is -0.151. The van der Waals surface area contributed by atoms with E-state index in [0.29, 0.717) is 19.4 Å². The van der Waals surface area contributed by atoms with E-state index in [9.17, 15) is 9.59 Å². The number of esters is 1. The molecule has 1 saturated heterocycles. The van der Waals surface area contributed by atoms with Gasteiger partial charge in [0.15, 0.2) is 5.54 Å². The fourth-order valence-corrected chi connectivity index (χ4v) is 3.84. The van der Waals surface area contributed by atoms with Crippen molar-refractivity contribution < 1.29 is 14.3 Å². The molecule has 4 rings (SSSR count). The van der Waals surface area contributed by atoms with Gasteiger partial charge in [0.05, 0.1) is 6.61 Å². The van der Waals surface area contributed by atoms with Crippen LogP contribution in [0.2, 0.25) is 0 Å². The number of piperidine rings is 1. The summed E-state index contributed by atoms with van der Waals surface area (Å²) in [5.41, 5.74) is 2.08. The van der Waals surface area contributed by atoms with Crippen molar-refractivity contribution >= 4 is 17.6 Å². The van der Waals surface area contributed by atoms with Crippen LogP contribution in [0.5, 0.6) is 0 Å². The average molecular weight is 269 g/mol. The maximum absolute atomic E-state index is 12.6. The van der Waals surface area contributed by atoms with Gasteiger partial charge in [-0.15, -0.1) is 0 Å². The zero-order valence-electron chi connectivity index (χ0n) is 11.3. The van der Waals surface area contributed by atoms with E-state index < -0.39 is 5.54 Å². The quantitative estimate of drug-likeness (QED) is 0.610. The van der Waals surface area contributed by atoms with Crippen LogP contribution < -0.4 is 4.90 Å². The Labute approximate surface area is 117 Å². The molecule has 0 bridgehead atoms. The first kappa shape index (κ1) is 11.7. The van der Waals surface area contributed by atoms with Crippen molar-refractivity contribution in [3.8, 4) is 0 Å². The maximum atomic E-state index is 12.6. The van der Waals surface area contributed by atoms with Gasteiger partial charge in [0.2, 0.25) is 5.91 Å². The zero-order valence-corrected chi connectivity index (χ0v) is 11.3. The summed E-state index contributed by atoms with van der Waals surface area (Å²) in [7, 11) is 0. The molecule has 1 aromatic rings. The van der Waals surface area contributed by atoms with E-state index in [1.54, 1.807) is 11.8 Å². The van der Waals surface area contributed by atoms with Crippen LogP contribution in [0.4, 0.5) is 5.69 Å². The van der Waals surface area contributed by atoms with Crippen molar-refractivity contribution in [1.29, 1.82) is 0 Å². The van der Waals surface area contributed by atoms with E-state index in [4.69, 9.17) is 4.74 Å². The third-order valence-electron chi connectivity index (χ3n) is 4.62. The van der Waals surface area contributed by atoms with Gasteiger partial charge in [0, 0.05) is 18.0 Å². The molecule has 0 saturated carbocycles. The number of hydrogen-bond acceptors (Lipinski definition) is 3. The summed E-state index contributed by atoms with van der Waals surface area (Å²) in [6.45, 7) is 2.13. The summed E-state index contributed by atoms with van der Waals surface area (Å²) in [5.74, 6) is -0.311. The predicted molar refractivity (Wildman–Crippen MR) is 73.4 cm³/mol. The first-order chi connectivity index (χ1) is 9.71. The molecule has 20 heavy (non-hydrogen) atoms. The van der Waals surface area contributed by atoms with Gasteiger partial charge in [0.25, 0.3) is 0 Å². The van der Waals surface area contributed by atoms with Gasteiger partial charge in [-0.25, -0.2) is 4.79 Å². The van der Waals surface area contributed by atoms with Crippen LogP contribution in [0, 0.1) is 0 Å². The number of hydrogen-bond donors (Lipinski definition) is 0. The molecule has 0 radical (unpaired) electrons. The molecule has 2 aliphatic heterocycles. The normalized spacial score (nSPS) is 29.2. The molecule has 1 fully saturated rings. The van der Waals surface area contributed by atoms with Crippen LogP contribution in [-0.2, 0) is 14.3 Å². The highest BCUT2D eigenvalue weighted by atomic mass is 16.5. The van der Waals surface area contributed by atoms with Crippen LogP contribution >= 0.6 is 0 Å². The van der Waals surface area contributed by atoms with Gasteiger partial charge in [-0.1, -0.05) is 24.3 Å². The molecule has 2 atom stereocenters. The number of benzene rings is 1. The van der Waals surface area contributed by atoms with Crippen molar-refractivity contribution in [3.05, 3.63) is 41.5 Å². The summed E-state index contributed by atoms with van der Waals surface area (Å²) < 4.78 is 5.29. The topological polar surface area (TPSA) is 46.6 Å². The highest BCUT2D eigenvalue weighted by Crippen LogP contribution is 2.61. The van der Waals surface area contributed by atoms with E-state index in [1.165, 1.54) is 0 Å². The van der Waals surface area contributed by atoms with Crippen LogP contribution in [0.1, 0.15) is 31.2 Å². The van der Waals surface area contributed by atoms with Gasteiger partial charge in [-0.3, -0.25) is 9.69 Å². The first-order valence-electron chi connectivity index (χ1n) is 7.01. The number of carbonyl (C=O) groups excluding carboxylic acids is 2. The van der Waals surface area contributed by atoms with E-state index in [0.717, 1.165) is 16.8 Å². The molecule has 0 unspecified atom stereocenters. The Morgan fingerprint density at radius 3 is 3.00 bits per heavy atom. The van der Waals surface area contributed by atoms with Gasteiger partial charge in [0.1, 0.15) is 0 Å². The molecule has 0 aromatic heterocycles. The van der Waals surface area contributed by atoms with Crippen LogP contribution in [0.3, 0.4) is 0 Å². The summed E-state index contributed by atoms with van der Waals surface area (Å²) in [6.07, 6.45) is 3.26. The second-order valence-electron chi connectivity index (χ2n) is 5.44. The molecule has 0 N–H and O–H groups in total.